The Hall–Kier alpha value is -0.850. The van der Waals surface area contributed by atoms with E-state index < -0.39 is 0 Å². The van der Waals surface area contributed by atoms with Crippen molar-refractivity contribution in [1.82, 2.24) is 0 Å². The molecule has 30 heavy (non-hydrogen) atoms. The number of allylic oxidation sites excluding steroid dienone is 4. The van der Waals surface area contributed by atoms with E-state index in [1.165, 1.54) is 51.4 Å². The van der Waals surface area contributed by atoms with E-state index in [9.17, 15) is 4.79 Å². The molecule has 0 radical (unpaired) electrons. The van der Waals surface area contributed by atoms with E-state index in [2.05, 4.69) is 60.6 Å². The third kappa shape index (κ3) is 2.50. The van der Waals surface area contributed by atoms with Gasteiger partial charge in [-0.1, -0.05) is 65.7 Å². The Morgan fingerprint density at radius 2 is 1.67 bits per heavy atom. The fourth-order valence-electron chi connectivity index (χ4n) is 9.41. The smallest absolute Gasteiger partial charge is 0.164 e. The van der Waals surface area contributed by atoms with Crippen LogP contribution in [0.15, 0.2) is 23.3 Å². The number of hydrogen-bond donors (Lipinski definition) is 0. The summed E-state index contributed by atoms with van der Waals surface area (Å²) in [7, 11) is 0. The van der Waals surface area contributed by atoms with Gasteiger partial charge in [0.2, 0.25) is 0 Å². The zero-order valence-corrected chi connectivity index (χ0v) is 20.6. The highest BCUT2D eigenvalue weighted by atomic mass is 16.1. The van der Waals surface area contributed by atoms with E-state index in [1.807, 2.05) is 5.57 Å². The van der Waals surface area contributed by atoms with Gasteiger partial charge < -0.3 is 0 Å². The molecule has 0 N–H and O–H groups in total. The Labute approximate surface area is 185 Å². The van der Waals surface area contributed by atoms with Gasteiger partial charge in [0.05, 0.1) is 0 Å². The van der Waals surface area contributed by atoms with Crippen LogP contribution >= 0.6 is 0 Å². The predicted octanol–water partition coefficient (Wildman–Crippen LogP) is 7.76. The molecule has 3 saturated carbocycles. The molecule has 5 rings (SSSR count). The van der Waals surface area contributed by atoms with E-state index in [0.29, 0.717) is 39.8 Å². The fraction of sp³-hybridized carbons (Fsp3) is 0.828. The lowest BCUT2D eigenvalue weighted by molar-refractivity contribution is -0.140. The fourth-order valence-corrected chi connectivity index (χ4v) is 9.41. The number of hydrogen-bond acceptors (Lipinski definition) is 1. The molecule has 1 nitrogen and oxygen atoms in total. The minimum atomic E-state index is -0.195. The van der Waals surface area contributed by atoms with Gasteiger partial charge in [0.15, 0.2) is 5.78 Å². The summed E-state index contributed by atoms with van der Waals surface area (Å²) >= 11 is 0. The molecule has 0 aliphatic heterocycles. The number of carbonyl (C=O) groups is 1. The first kappa shape index (κ1) is 21.0. The van der Waals surface area contributed by atoms with Crippen LogP contribution < -0.4 is 0 Å². The molecular weight excluding hydrogens is 364 g/mol. The first-order valence-corrected chi connectivity index (χ1v) is 12.9. The van der Waals surface area contributed by atoms with Crippen molar-refractivity contribution < 1.29 is 4.79 Å². The van der Waals surface area contributed by atoms with Gasteiger partial charge in [-0.15, -0.1) is 0 Å². The van der Waals surface area contributed by atoms with Crippen molar-refractivity contribution >= 4 is 5.78 Å². The summed E-state index contributed by atoms with van der Waals surface area (Å²) in [6.07, 6.45) is 15.9. The average molecular weight is 409 g/mol. The molecule has 0 bridgehead atoms. The van der Waals surface area contributed by atoms with Crippen molar-refractivity contribution in [2.24, 2.45) is 51.2 Å². The van der Waals surface area contributed by atoms with Gasteiger partial charge in [-0.05, 0) is 103 Å². The van der Waals surface area contributed by atoms with E-state index in [0.717, 1.165) is 17.4 Å². The molecule has 0 saturated heterocycles. The van der Waals surface area contributed by atoms with Gasteiger partial charge >= 0.3 is 0 Å². The van der Waals surface area contributed by atoms with Crippen LogP contribution in [0.5, 0.6) is 0 Å². The lowest BCUT2D eigenvalue weighted by atomic mass is 9.37. The number of fused-ring (bicyclic) bond motifs is 7. The predicted molar refractivity (Wildman–Crippen MR) is 125 cm³/mol. The second kappa shape index (κ2) is 6.35. The van der Waals surface area contributed by atoms with E-state index in [-0.39, 0.29) is 5.41 Å². The van der Waals surface area contributed by atoms with Crippen molar-refractivity contribution in [3.8, 4) is 0 Å². The maximum absolute atomic E-state index is 13.0. The Kier molecular flexibility index (Phi) is 4.45. The summed E-state index contributed by atoms with van der Waals surface area (Å²) in [5, 5.41) is 0. The molecule has 0 aromatic heterocycles. The molecule has 0 aromatic rings. The van der Waals surface area contributed by atoms with E-state index in [1.54, 1.807) is 0 Å². The summed E-state index contributed by atoms with van der Waals surface area (Å²) in [6.45, 7) is 16.9. The molecule has 1 heteroatoms. The Morgan fingerprint density at radius 3 is 2.40 bits per heavy atom. The summed E-state index contributed by atoms with van der Waals surface area (Å²) in [6, 6.07) is 0. The molecule has 0 amide bonds. The zero-order chi connectivity index (χ0) is 21.7. The van der Waals surface area contributed by atoms with Crippen LogP contribution in [-0.2, 0) is 4.79 Å². The largest absolute Gasteiger partial charge is 0.294 e. The summed E-state index contributed by atoms with van der Waals surface area (Å²) in [5.74, 6) is 3.87. The molecule has 166 valence electrons. The number of rotatable bonds is 0. The standard InChI is InChI=1S/C29H44O/c1-18-10-12-27(5)14-15-29(7)23(24(27)16-18)9-8-22-20-17-19(2)25(30)26(3,4)21(20)11-13-28(22,29)6/h9,17-18,20-22,24H,8,10-16H2,1-7H3/t18-,20?,21+,22?,24?,27+,28+,29+/m0/s1. The molecule has 0 spiro atoms. The molecule has 3 unspecified atom stereocenters. The third-order valence-electron chi connectivity index (χ3n) is 11.8. The minimum absolute atomic E-state index is 0.195. The summed E-state index contributed by atoms with van der Waals surface area (Å²) in [5.41, 5.74) is 3.94. The van der Waals surface area contributed by atoms with Crippen molar-refractivity contribution in [2.75, 3.05) is 0 Å². The zero-order valence-electron chi connectivity index (χ0n) is 20.6. The monoisotopic (exact) mass is 408 g/mol. The Morgan fingerprint density at radius 1 is 0.933 bits per heavy atom. The van der Waals surface area contributed by atoms with Crippen LogP contribution in [0, 0.1) is 51.2 Å². The molecule has 5 aliphatic carbocycles. The van der Waals surface area contributed by atoms with Crippen LogP contribution in [0.25, 0.3) is 0 Å². The second-order valence-corrected chi connectivity index (χ2v) is 13.5. The lowest BCUT2D eigenvalue weighted by Gasteiger charge is -2.67. The van der Waals surface area contributed by atoms with Crippen molar-refractivity contribution in [3.63, 3.8) is 0 Å². The third-order valence-corrected chi connectivity index (χ3v) is 11.8. The highest BCUT2D eigenvalue weighted by Gasteiger charge is 2.64. The van der Waals surface area contributed by atoms with Gasteiger partial charge in [0.25, 0.3) is 0 Å². The van der Waals surface area contributed by atoms with Crippen LogP contribution in [0.1, 0.15) is 99.8 Å². The Balaban J connectivity index is 1.58. The summed E-state index contributed by atoms with van der Waals surface area (Å²) in [4.78, 5) is 13.0. The van der Waals surface area contributed by atoms with Crippen molar-refractivity contribution in [2.45, 2.75) is 99.8 Å². The lowest BCUT2D eigenvalue weighted by Crippen LogP contribution is -2.60. The highest BCUT2D eigenvalue weighted by molar-refractivity contribution is 6.00. The second-order valence-electron chi connectivity index (χ2n) is 13.5. The number of ketones is 1. The maximum atomic E-state index is 13.0. The molecule has 8 atom stereocenters. The number of Topliss-reactive ketones (excluding diaryl/α,β-unsaturated/α-hetero) is 1. The topological polar surface area (TPSA) is 17.1 Å². The quantitative estimate of drug-likeness (QED) is 0.374. The Bertz CT molecular complexity index is 829. The number of carbonyl (C=O) groups excluding carboxylic acids is 1. The molecule has 5 aliphatic rings. The van der Waals surface area contributed by atoms with Gasteiger partial charge in [-0.25, -0.2) is 0 Å². The van der Waals surface area contributed by atoms with Gasteiger partial charge in [-0.3, -0.25) is 4.79 Å². The minimum Gasteiger partial charge on any atom is -0.294 e. The molecular formula is C29H44O. The first-order valence-electron chi connectivity index (χ1n) is 12.9. The van der Waals surface area contributed by atoms with E-state index in [4.69, 9.17) is 0 Å². The van der Waals surface area contributed by atoms with Crippen LogP contribution in [-0.4, -0.2) is 5.78 Å². The molecule has 3 fully saturated rings. The van der Waals surface area contributed by atoms with Gasteiger partial charge in [-0.2, -0.15) is 0 Å². The molecule has 0 heterocycles. The van der Waals surface area contributed by atoms with Crippen molar-refractivity contribution in [3.05, 3.63) is 23.3 Å². The SMILES string of the molecule is CC1=CC2C3CC=C4C5C[C@@H](C)CC[C@]5(C)CC[C@@]4(C)[C@]3(C)CC[C@H]2C(C)(C)C1=O. The normalized spacial score (nSPS) is 52.2. The average Bonchev–Trinajstić information content (AvgIpc) is 2.68. The van der Waals surface area contributed by atoms with Crippen LogP contribution in [0.4, 0.5) is 0 Å². The maximum Gasteiger partial charge on any atom is 0.164 e. The van der Waals surface area contributed by atoms with Gasteiger partial charge in [0, 0.05) is 5.41 Å². The van der Waals surface area contributed by atoms with Gasteiger partial charge in [0.1, 0.15) is 0 Å². The van der Waals surface area contributed by atoms with Crippen LogP contribution in [0.3, 0.4) is 0 Å². The van der Waals surface area contributed by atoms with Crippen LogP contribution in [0.2, 0.25) is 0 Å². The van der Waals surface area contributed by atoms with E-state index >= 15 is 0 Å². The molecule has 0 aromatic carbocycles. The summed E-state index contributed by atoms with van der Waals surface area (Å²) < 4.78 is 0. The van der Waals surface area contributed by atoms with Crippen molar-refractivity contribution in [1.29, 1.82) is 0 Å². The first-order chi connectivity index (χ1) is 13.9. The highest BCUT2D eigenvalue weighted by Crippen LogP contribution is 2.72.